The van der Waals surface area contributed by atoms with Gasteiger partial charge in [-0.05, 0) is 43.2 Å². The largest absolute Gasteiger partial charge is 0.295 e. The zero-order valence-corrected chi connectivity index (χ0v) is 13.7. The molecule has 1 unspecified atom stereocenters. The van der Waals surface area contributed by atoms with Crippen LogP contribution in [0.2, 0.25) is 0 Å². The van der Waals surface area contributed by atoms with Crippen LogP contribution >= 0.6 is 11.8 Å². The number of thioether (sulfide) groups is 1. The molecule has 0 bridgehead atoms. The second kappa shape index (κ2) is 6.16. The number of hydrogen-bond acceptors (Lipinski definition) is 3. The van der Waals surface area contributed by atoms with Crippen LogP contribution in [0.25, 0.3) is 0 Å². The summed E-state index contributed by atoms with van der Waals surface area (Å²) >= 11 is 1.50. The molecule has 1 heterocycles. The molecule has 1 atom stereocenters. The first-order valence-electron chi connectivity index (χ1n) is 7.28. The smallest absolute Gasteiger partial charge is 0.238 e. The van der Waals surface area contributed by atoms with Crippen molar-refractivity contribution in [1.29, 1.82) is 0 Å². The molecule has 1 amide bonds. The van der Waals surface area contributed by atoms with Gasteiger partial charge in [-0.25, -0.2) is 4.39 Å². The van der Waals surface area contributed by atoms with Gasteiger partial charge in [0.1, 0.15) is 11.2 Å². The molecule has 118 valence electrons. The van der Waals surface area contributed by atoms with Gasteiger partial charge in [0, 0.05) is 11.3 Å². The van der Waals surface area contributed by atoms with Gasteiger partial charge in [0.15, 0.2) is 5.78 Å². The number of rotatable bonds is 3. The van der Waals surface area contributed by atoms with Gasteiger partial charge >= 0.3 is 0 Å². The molecule has 23 heavy (non-hydrogen) atoms. The van der Waals surface area contributed by atoms with Gasteiger partial charge in [-0.3, -0.25) is 14.5 Å². The zero-order chi connectivity index (χ0) is 16.6. The number of aryl methyl sites for hydroxylation is 1. The van der Waals surface area contributed by atoms with Crippen LogP contribution in [-0.2, 0) is 4.79 Å². The molecule has 2 aromatic carbocycles. The van der Waals surface area contributed by atoms with Crippen LogP contribution in [0, 0.1) is 12.7 Å². The Morgan fingerprint density at radius 1 is 1.22 bits per heavy atom. The topological polar surface area (TPSA) is 37.4 Å². The average molecular weight is 329 g/mol. The van der Waals surface area contributed by atoms with Gasteiger partial charge in [0.05, 0.1) is 5.75 Å². The minimum Gasteiger partial charge on any atom is -0.295 e. The number of Topliss-reactive ketones (excluding diaryl/α,β-unsaturated/α-hetero) is 1. The highest BCUT2D eigenvalue weighted by atomic mass is 32.2. The lowest BCUT2D eigenvalue weighted by molar-refractivity contribution is -0.115. The van der Waals surface area contributed by atoms with E-state index in [1.54, 1.807) is 29.2 Å². The van der Waals surface area contributed by atoms with E-state index in [0.717, 1.165) is 16.8 Å². The van der Waals surface area contributed by atoms with E-state index in [4.69, 9.17) is 0 Å². The van der Waals surface area contributed by atoms with Crippen LogP contribution in [0.15, 0.2) is 42.5 Å². The van der Waals surface area contributed by atoms with Crippen molar-refractivity contribution in [2.45, 2.75) is 19.2 Å². The highest BCUT2D eigenvalue weighted by Crippen LogP contribution is 2.43. The fraction of sp³-hybridized carbons (Fsp3) is 0.222. The first kappa shape index (κ1) is 15.7. The van der Waals surface area contributed by atoms with Gasteiger partial charge in [-0.15, -0.1) is 11.8 Å². The van der Waals surface area contributed by atoms with Gasteiger partial charge < -0.3 is 0 Å². The molecule has 0 spiro atoms. The Labute approximate surface area is 138 Å². The molecule has 0 radical (unpaired) electrons. The molecule has 1 saturated heterocycles. The van der Waals surface area contributed by atoms with E-state index in [-0.39, 0.29) is 22.9 Å². The van der Waals surface area contributed by atoms with E-state index in [1.807, 2.05) is 13.0 Å². The number of carbonyl (C=O) groups is 2. The second-order valence-electron chi connectivity index (χ2n) is 5.54. The highest BCUT2D eigenvalue weighted by Gasteiger charge is 2.35. The molecular weight excluding hydrogens is 313 g/mol. The number of nitrogens with zero attached hydrogens (tertiary/aromatic N) is 1. The SMILES string of the molecule is CC(=O)c1ccc(C)c(N2C(=O)CSC2c2ccc(F)cc2)c1. The second-order valence-corrected chi connectivity index (χ2v) is 6.60. The van der Waals surface area contributed by atoms with Crippen LogP contribution in [0.4, 0.5) is 10.1 Å². The van der Waals surface area contributed by atoms with Crippen molar-refractivity contribution in [1.82, 2.24) is 0 Å². The molecule has 1 fully saturated rings. The minimum absolute atomic E-state index is 0.00636. The summed E-state index contributed by atoms with van der Waals surface area (Å²) in [4.78, 5) is 25.8. The lowest BCUT2D eigenvalue weighted by atomic mass is 10.1. The van der Waals surface area contributed by atoms with Gasteiger partial charge in [-0.1, -0.05) is 24.3 Å². The van der Waals surface area contributed by atoms with E-state index in [2.05, 4.69) is 0 Å². The fourth-order valence-corrected chi connectivity index (χ4v) is 3.82. The van der Waals surface area contributed by atoms with Gasteiger partial charge in [-0.2, -0.15) is 0 Å². The number of benzene rings is 2. The van der Waals surface area contributed by atoms with E-state index in [9.17, 15) is 14.0 Å². The van der Waals surface area contributed by atoms with Crippen LogP contribution in [0.5, 0.6) is 0 Å². The first-order valence-corrected chi connectivity index (χ1v) is 8.33. The molecule has 0 N–H and O–H groups in total. The number of halogens is 1. The van der Waals surface area contributed by atoms with E-state index >= 15 is 0 Å². The molecule has 1 aliphatic rings. The first-order chi connectivity index (χ1) is 11.0. The minimum atomic E-state index is -0.301. The normalized spacial score (nSPS) is 17.6. The standard InChI is InChI=1S/C18H16FNO2S/c1-11-3-4-14(12(2)21)9-16(11)20-17(22)10-23-18(20)13-5-7-15(19)8-6-13/h3-9,18H,10H2,1-2H3. The van der Waals surface area contributed by atoms with Gasteiger partial charge in [0.2, 0.25) is 5.91 Å². The lowest BCUT2D eigenvalue weighted by Crippen LogP contribution is -2.28. The Bertz CT molecular complexity index is 773. The van der Waals surface area contributed by atoms with Crippen molar-refractivity contribution >= 4 is 29.1 Å². The molecule has 3 nitrogen and oxygen atoms in total. The van der Waals surface area contributed by atoms with Crippen LogP contribution in [0.3, 0.4) is 0 Å². The van der Waals surface area contributed by atoms with Crippen molar-refractivity contribution in [3.05, 3.63) is 65.0 Å². The average Bonchev–Trinajstić information content (AvgIpc) is 2.90. The lowest BCUT2D eigenvalue weighted by Gasteiger charge is -2.26. The summed E-state index contributed by atoms with van der Waals surface area (Å²) < 4.78 is 13.2. The van der Waals surface area contributed by atoms with Crippen molar-refractivity contribution < 1.29 is 14.0 Å². The summed E-state index contributed by atoms with van der Waals surface area (Å²) in [7, 11) is 0. The highest BCUT2D eigenvalue weighted by molar-refractivity contribution is 8.00. The Kier molecular flexibility index (Phi) is 4.22. The van der Waals surface area contributed by atoms with Gasteiger partial charge in [0.25, 0.3) is 0 Å². The monoisotopic (exact) mass is 329 g/mol. The molecular formula is C18H16FNO2S. The number of anilines is 1. The zero-order valence-electron chi connectivity index (χ0n) is 12.9. The Morgan fingerprint density at radius 2 is 1.91 bits per heavy atom. The van der Waals surface area contributed by atoms with Crippen molar-refractivity contribution in [3.8, 4) is 0 Å². The summed E-state index contributed by atoms with van der Waals surface area (Å²) in [6.45, 7) is 3.42. The molecule has 3 rings (SSSR count). The van der Waals surface area contributed by atoms with Crippen LogP contribution in [0.1, 0.15) is 33.8 Å². The quantitative estimate of drug-likeness (QED) is 0.795. The molecule has 0 aromatic heterocycles. The fourth-order valence-electron chi connectivity index (χ4n) is 2.65. The summed E-state index contributed by atoms with van der Waals surface area (Å²) in [6.07, 6.45) is 0. The third-order valence-electron chi connectivity index (χ3n) is 3.90. The Morgan fingerprint density at radius 3 is 2.57 bits per heavy atom. The third-order valence-corrected chi connectivity index (χ3v) is 5.11. The number of amides is 1. The Hall–Kier alpha value is -2.14. The number of ketones is 1. The van der Waals surface area contributed by atoms with Crippen molar-refractivity contribution in [2.24, 2.45) is 0 Å². The Balaban J connectivity index is 2.05. The van der Waals surface area contributed by atoms with Crippen LogP contribution < -0.4 is 4.90 Å². The summed E-state index contributed by atoms with van der Waals surface area (Å²) in [5, 5.41) is -0.205. The van der Waals surface area contributed by atoms with Crippen molar-refractivity contribution in [3.63, 3.8) is 0 Å². The van der Waals surface area contributed by atoms with Crippen molar-refractivity contribution in [2.75, 3.05) is 10.7 Å². The predicted molar refractivity (Wildman–Crippen MR) is 90.3 cm³/mol. The third kappa shape index (κ3) is 3.01. The summed E-state index contributed by atoms with van der Waals surface area (Å²) in [5.74, 6) is 0.0209. The summed E-state index contributed by atoms with van der Waals surface area (Å²) in [6, 6.07) is 11.6. The van der Waals surface area contributed by atoms with E-state index in [1.165, 1.54) is 30.8 Å². The van der Waals surface area contributed by atoms with E-state index < -0.39 is 0 Å². The molecule has 2 aromatic rings. The molecule has 5 heteroatoms. The molecule has 1 aliphatic heterocycles. The number of carbonyl (C=O) groups excluding carboxylic acids is 2. The predicted octanol–water partition coefficient (Wildman–Crippen LogP) is 4.12. The maximum Gasteiger partial charge on any atom is 0.238 e. The maximum absolute atomic E-state index is 13.2. The molecule has 0 aliphatic carbocycles. The maximum atomic E-state index is 13.2. The van der Waals surface area contributed by atoms with E-state index in [0.29, 0.717) is 11.3 Å². The summed E-state index contributed by atoms with van der Waals surface area (Å²) in [5.41, 5.74) is 3.11. The number of hydrogen-bond donors (Lipinski definition) is 0. The molecule has 0 saturated carbocycles. The van der Waals surface area contributed by atoms with Crippen LogP contribution in [-0.4, -0.2) is 17.4 Å².